The van der Waals surface area contributed by atoms with Gasteiger partial charge in [-0.25, -0.2) is 0 Å². The summed E-state index contributed by atoms with van der Waals surface area (Å²) in [4.78, 5) is 0. The Morgan fingerprint density at radius 2 is 2.00 bits per heavy atom. The van der Waals surface area contributed by atoms with Gasteiger partial charge in [-0.2, -0.15) is 0 Å². The highest BCUT2D eigenvalue weighted by atomic mass is 13.9. The van der Waals surface area contributed by atoms with Gasteiger partial charge in [-0.05, 0) is 31.4 Å². The Kier molecular flexibility index (Phi) is 6.32. The van der Waals surface area contributed by atoms with Crippen LogP contribution in [0.5, 0.6) is 0 Å². The minimum absolute atomic E-state index is 1.17. The first-order chi connectivity index (χ1) is 4.81. The van der Waals surface area contributed by atoms with Crippen molar-refractivity contribution in [3.63, 3.8) is 0 Å². The Balaban J connectivity index is 3.64. The second-order valence-electron chi connectivity index (χ2n) is 2.67. The van der Waals surface area contributed by atoms with E-state index in [2.05, 4.69) is 32.6 Å². The molecule has 0 aliphatic carbocycles. The van der Waals surface area contributed by atoms with Gasteiger partial charge in [0.25, 0.3) is 0 Å². The quantitative estimate of drug-likeness (QED) is 0.520. The predicted octanol–water partition coefficient (Wildman–Crippen LogP) is 3.69. The number of rotatable bonds is 4. The molecule has 0 radical (unpaired) electrons. The van der Waals surface area contributed by atoms with Crippen LogP contribution in [0.1, 0.15) is 46.5 Å². The smallest absolute Gasteiger partial charge is 0.0249 e. The number of allylic oxidation sites excluding steroid dienone is 1. The SMILES string of the molecule is CCCC=C=C(C)CCC. The van der Waals surface area contributed by atoms with Crippen molar-refractivity contribution < 1.29 is 0 Å². The average molecular weight is 138 g/mol. The van der Waals surface area contributed by atoms with E-state index >= 15 is 0 Å². The molecule has 0 aromatic rings. The lowest BCUT2D eigenvalue weighted by Gasteiger charge is -1.89. The molecule has 0 N–H and O–H groups in total. The molecule has 0 fully saturated rings. The Labute approximate surface area is 64.6 Å². The summed E-state index contributed by atoms with van der Waals surface area (Å²) < 4.78 is 0. The summed E-state index contributed by atoms with van der Waals surface area (Å²) in [6, 6.07) is 0. The number of hydrogen-bond acceptors (Lipinski definition) is 0. The first-order valence-electron chi connectivity index (χ1n) is 4.21. The highest BCUT2D eigenvalue weighted by Gasteiger charge is 1.81. The minimum Gasteiger partial charge on any atom is -0.126 e. The Hall–Kier alpha value is -0.480. The number of hydrogen-bond donors (Lipinski definition) is 0. The predicted molar refractivity (Wildman–Crippen MR) is 47.1 cm³/mol. The zero-order valence-corrected chi connectivity index (χ0v) is 7.41. The molecule has 0 heterocycles. The third-order valence-corrected chi connectivity index (χ3v) is 1.41. The van der Waals surface area contributed by atoms with Crippen LogP contribution in [0.25, 0.3) is 0 Å². The Morgan fingerprint density at radius 1 is 1.30 bits per heavy atom. The van der Waals surface area contributed by atoms with Gasteiger partial charge in [0.2, 0.25) is 0 Å². The van der Waals surface area contributed by atoms with Gasteiger partial charge in [0.05, 0.1) is 0 Å². The van der Waals surface area contributed by atoms with E-state index in [9.17, 15) is 0 Å². The third kappa shape index (κ3) is 5.65. The molecule has 0 saturated heterocycles. The second-order valence-corrected chi connectivity index (χ2v) is 2.67. The van der Waals surface area contributed by atoms with Gasteiger partial charge >= 0.3 is 0 Å². The molecular formula is C10H18. The molecule has 0 atom stereocenters. The lowest BCUT2D eigenvalue weighted by atomic mass is 10.2. The summed E-state index contributed by atoms with van der Waals surface area (Å²) in [5.74, 6) is 0. The van der Waals surface area contributed by atoms with Crippen molar-refractivity contribution in [2.75, 3.05) is 0 Å². The van der Waals surface area contributed by atoms with Gasteiger partial charge in [0, 0.05) is 0 Å². The minimum atomic E-state index is 1.17. The fraction of sp³-hybridized carbons (Fsp3) is 0.700. The van der Waals surface area contributed by atoms with Crippen molar-refractivity contribution in [1.82, 2.24) is 0 Å². The maximum atomic E-state index is 3.28. The molecule has 0 amide bonds. The lowest BCUT2D eigenvalue weighted by molar-refractivity contribution is 0.904. The standard InChI is InChI=1S/C10H18/c1-4-6-7-9-10(3)8-5-2/h7H,4-6,8H2,1-3H3. The van der Waals surface area contributed by atoms with Gasteiger partial charge in [-0.15, -0.1) is 5.73 Å². The fourth-order valence-electron chi connectivity index (χ4n) is 0.838. The molecule has 10 heavy (non-hydrogen) atoms. The van der Waals surface area contributed by atoms with E-state index in [1.165, 1.54) is 31.3 Å². The van der Waals surface area contributed by atoms with Crippen molar-refractivity contribution in [1.29, 1.82) is 0 Å². The molecule has 0 bridgehead atoms. The maximum absolute atomic E-state index is 3.28. The fourth-order valence-corrected chi connectivity index (χ4v) is 0.838. The highest BCUT2D eigenvalue weighted by molar-refractivity contribution is 4.97. The summed E-state index contributed by atoms with van der Waals surface area (Å²) in [5.41, 5.74) is 4.66. The monoisotopic (exact) mass is 138 g/mol. The van der Waals surface area contributed by atoms with Crippen LogP contribution in [0.4, 0.5) is 0 Å². The van der Waals surface area contributed by atoms with E-state index in [1.54, 1.807) is 0 Å². The van der Waals surface area contributed by atoms with E-state index < -0.39 is 0 Å². The largest absolute Gasteiger partial charge is 0.126 e. The molecule has 0 saturated carbocycles. The van der Waals surface area contributed by atoms with Gasteiger partial charge < -0.3 is 0 Å². The average Bonchev–Trinajstić information content (AvgIpc) is 1.89. The third-order valence-electron chi connectivity index (χ3n) is 1.41. The van der Waals surface area contributed by atoms with Crippen LogP contribution in [0, 0.1) is 0 Å². The summed E-state index contributed by atoms with van der Waals surface area (Å²) in [6.07, 6.45) is 6.97. The summed E-state index contributed by atoms with van der Waals surface area (Å²) in [7, 11) is 0. The molecule has 0 aliphatic heterocycles. The van der Waals surface area contributed by atoms with Crippen LogP contribution >= 0.6 is 0 Å². The lowest BCUT2D eigenvalue weighted by Crippen LogP contribution is -1.70. The summed E-state index contributed by atoms with van der Waals surface area (Å²) in [6.45, 7) is 6.54. The first kappa shape index (κ1) is 9.52. The molecule has 0 unspecified atom stereocenters. The van der Waals surface area contributed by atoms with Gasteiger partial charge in [-0.3, -0.25) is 0 Å². The molecule has 0 spiro atoms. The molecular weight excluding hydrogens is 120 g/mol. The van der Waals surface area contributed by atoms with E-state index in [4.69, 9.17) is 0 Å². The second kappa shape index (κ2) is 6.64. The van der Waals surface area contributed by atoms with Crippen molar-refractivity contribution in [2.24, 2.45) is 0 Å². The van der Waals surface area contributed by atoms with E-state index in [0.717, 1.165) is 0 Å². The normalized spacial score (nSPS) is 8.70. The summed E-state index contributed by atoms with van der Waals surface area (Å²) >= 11 is 0. The van der Waals surface area contributed by atoms with Crippen molar-refractivity contribution >= 4 is 0 Å². The van der Waals surface area contributed by atoms with E-state index in [1.807, 2.05) is 0 Å². The van der Waals surface area contributed by atoms with Crippen molar-refractivity contribution in [3.8, 4) is 0 Å². The van der Waals surface area contributed by atoms with Crippen LogP contribution in [-0.4, -0.2) is 0 Å². The molecule has 0 heteroatoms. The molecule has 0 aromatic carbocycles. The van der Waals surface area contributed by atoms with Crippen molar-refractivity contribution in [2.45, 2.75) is 46.5 Å². The maximum Gasteiger partial charge on any atom is -0.0249 e. The Bertz CT molecular complexity index is 125. The molecule has 58 valence electrons. The number of unbranched alkanes of at least 4 members (excludes halogenated alkanes) is 1. The van der Waals surface area contributed by atoms with Gasteiger partial charge in [-0.1, -0.05) is 26.7 Å². The molecule has 0 aromatic heterocycles. The van der Waals surface area contributed by atoms with Gasteiger partial charge in [0.1, 0.15) is 0 Å². The van der Waals surface area contributed by atoms with Crippen LogP contribution in [0.3, 0.4) is 0 Å². The highest BCUT2D eigenvalue weighted by Crippen LogP contribution is 2.00. The van der Waals surface area contributed by atoms with Crippen LogP contribution in [-0.2, 0) is 0 Å². The van der Waals surface area contributed by atoms with Crippen LogP contribution < -0.4 is 0 Å². The molecule has 0 nitrogen and oxygen atoms in total. The topological polar surface area (TPSA) is 0 Å². The summed E-state index contributed by atoms with van der Waals surface area (Å²) in [5, 5.41) is 0. The zero-order valence-electron chi connectivity index (χ0n) is 7.41. The van der Waals surface area contributed by atoms with Gasteiger partial charge in [0.15, 0.2) is 0 Å². The molecule has 0 aliphatic rings. The van der Waals surface area contributed by atoms with E-state index in [-0.39, 0.29) is 0 Å². The molecule has 0 rings (SSSR count). The van der Waals surface area contributed by atoms with Crippen LogP contribution in [0.15, 0.2) is 17.4 Å². The van der Waals surface area contributed by atoms with Crippen LogP contribution in [0.2, 0.25) is 0 Å². The zero-order chi connectivity index (χ0) is 7.82. The Morgan fingerprint density at radius 3 is 2.50 bits per heavy atom. The first-order valence-corrected chi connectivity index (χ1v) is 4.21. The van der Waals surface area contributed by atoms with E-state index in [0.29, 0.717) is 0 Å². The van der Waals surface area contributed by atoms with Crippen molar-refractivity contribution in [3.05, 3.63) is 17.4 Å².